The zero-order chi connectivity index (χ0) is 7.40. The minimum absolute atomic E-state index is 0.124. The lowest BCUT2D eigenvalue weighted by atomic mass is 10.2. The van der Waals surface area contributed by atoms with Crippen LogP contribution < -0.4 is 5.11 Å². The van der Waals surface area contributed by atoms with Gasteiger partial charge in [-0.25, -0.2) is 9.97 Å². The summed E-state index contributed by atoms with van der Waals surface area (Å²) in [6.07, 6.45) is 4.12. The van der Waals surface area contributed by atoms with Crippen molar-refractivity contribution in [2.45, 2.75) is 6.42 Å². The van der Waals surface area contributed by atoms with Gasteiger partial charge in [-0.3, -0.25) is 0 Å². The van der Waals surface area contributed by atoms with Gasteiger partial charge < -0.3 is 9.90 Å². The number of rotatable bonds is 2. The first-order valence-corrected chi connectivity index (χ1v) is 2.73. The van der Waals surface area contributed by atoms with Crippen molar-refractivity contribution in [2.75, 3.05) is 0 Å². The maximum absolute atomic E-state index is 10.0. The van der Waals surface area contributed by atoms with E-state index in [0.29, 0.717) is 5.56 Å². The van der Waals surface area contributed by atoms with Gasteiger partial charge in [0, 0.05) is 24.8 Å². The van der Waals surface area contributed by atoms with Gasteiger partial charge in [-0.2, -0.15) is 0 Å². The fraction of sp³-hybridized carbons (Fsp3) is 0.167. The summed E-state index contributed by atoms with van der Waals surface area (Å²) in [6.45, 7) is 0. The molecule has 4 nitrogen and oxygen atoms in total. The highest BCUT2D eigenvalue weighted by Crippen LogP contribution is 1.91. The number of aliphatic carboxylic acids is 1. The Labute approximate surface area is 57.6 Å². The number of carboxylic acids is 1. The van der Waals surface area contributed by atoms with E-state index >= 15 is 0 Å². The Morgan fingerprint density at radius 1 is 1.50 bits per heavy atom. The van der Waals surface area contributed by atoms with Crippen LogP contribution in [0.2, 0.25) is 0 Å². The van der Waals surface area contributed by atoms with Crippen molar-refractivity contribution >= 4 is 5.97 Å². The number of carbonyl (C=O) groups is 1. The zero-order valence-corrected chi connectivity index (χ0v) is 5.15. The molecule has 0 atom stereocenters. The molecule has 0 aromatic carbocycles. The molecule has 0 saturated carbocycles. The molecular formula is C6H5N2O2-. The molecule has 0 saturated heterocycles. The molecule has 0 unspecified atom stereocenters. The third kappa shape index (κ3) is 1.81. The molecule has 0 bridgehead atoms. The van der Waals surface area contributed by atoms with Crippen LogP contribution in [0, 0.1) is 0 Å². The molecule has 0 aliphatic carbocycles. The van der Waals surface area contributed by atoms with Crippen molar-refractivity contribution < 1.29 is 9.90 Å². The second kappa shape index (κ2) is 2.91. The molecule has 1 aromatic rings. The van der Waals surface area contributed by atoms with Crippen LogP contribution in [0.3, 0.4) is 0 Å². The maximum atomic E-state index is 10.0. The minimum atomic E-state index is -1.12. The normalized spacial score (nSPS) is 9.20. The summed E-state index contributed by atoms with van der Waals surface area (Å²) in [4.78, 5) is 17.3. The Bertz CT molecular complexity index is 222. The van der Waals surface area contributed by atoms with E-state index in [1.807, 2.05) is 0 Å². The number of carbonyl (C=O) groups excluding carboxylic acids is 1. The van der Waals surface area contributed by atoms with Gasteiger partial charge in [0.05, 0.1) is 0 Å². The Balaban J connectivity index is 2.67. The van der Waals surface area contributed by atoms with Gasteiger partial charge in [-0.15, -0.1) is 0 Å². The maximum Gasteiger partial charge on any atom is 0.115 e. The first-order valence-electron chi connectivity index (χ1n) is 2.73. The average Bonchev–Trinajstić information content (AvgIpc) is 1.88. The summed E-state index contributed by atoms with van der Waals surface area (Å²) in [5, 5.41) is 10.0. The molecule has 0 fully saturated rings. The Morgan fingerprint density at radius 3 is 2.60 bits per heavy atom. The summed E-state index contributed by atoms with van der Waals surface area (Å²) in [5.74, 6) is -1.12. The van der Waals surface area contributed by atoms with Gasteiger partial charge in [-0.1, -0.05) is 0 Å². The summed E-state index contributed by atoms with van der Waals surface area (Å²) in [7, 11) is 0. The monoisotopic (exact) mass is 137 g/mol. The highest BCUT2D eigenvalue weighted by Gasteiger charge is 1.90. The molecule has 0 N–H and O–H groups in total. The number of carboxylic acid groups (broad SMARTS) is 1. The van der Waals surface area contributed by atoms with Gasteiger partial charge in [0.15, 0.2) is 0 Å². The topological polar surface area (TPSA) is 65.9 Å². The van der Waals surface area contributed by atoms with E-state index in [-0.39, 0.29) is 6.42 Å². The van der Waals surface area contributed by atoms with Crippen molar-refractivity contribution in [2.24, 2.45) is 0 Å². The lowest BCUT2D eigenvalue weighted by molar-refractivity contribution is -0.304. The number of aromatic nitrogens is 2. The van der Waals surface area contributed by atoms with Crippen LogP contribution in [0.15, 0.2) is 18.7 Å². The molecule has 1 heterocycles. The number of hydrogen-bond acceptors (Lipinski definition) is 4. The lowest BCUT2D eigenvalue weighted by Crippen LogP contribution is -2.24. The van der Waals surface area contributed by atoms with Crippen molar-refractivity contribution in [3.63, 3.8) is 0 Å². The second-order valence-corrected chi connectivity index (χ2v) is 1.80. The van der Waals surface area contributed by atoms with E-state index in [1.165, 1.54) is 18.7 Å². The molecule has 1 aromatic heterocycles. The van der Waals surface area contributed by atoms with Crippen LogP contribution in [0.5, 0.6) is 0 Å². The van der Waals surface area contributed by atoms with E-state index in [2.05, 4.69) is 9.97 Å². The quantitative estimate of drug-likeness (QED) is 0.511. The molecule has 52 valence electrons. The molecule has 1 rings (SSSR count). The fourth-order valence-corrected chi connectivity index (χ4v) is 0.588. The molecule has 4 heteroatoms. The van der Waals surface area contributed by atoms with Gasteiger partial charge >= 0.3 is 0 Å². The molecule has 0 aliphatic heterocycles. The first kappa shape index (κ1) is 6.67. The van der Waals surface area contributed by atoms with Gasteiger partial charge in [0.1, 0.15) is 6.33 Å². The summed E-state index contributed by atoms with van der Waals surface area (Å²) in [5.41, 5.74) is 0.558. The van der Waals surface area contributed by atoms with Crippen LogP contribution in [0.4, 0.5) is 0 Å². The Hall–Kier alpha value is -1.45. The molecule has 0 aliphatic rings. The van der Waals surface area contributed by atoms with E-state index in [0.717, 1.165) is 0 Å². The van der Waals surface area contributed by atoms with Crippen molar-refractivity contribution in [3.8, 4) is 0 Å². The predicted octanol–water partition coefficient (Wildman–Crippen LogP) is -1.23. The fourth-order valence-electron chi connectivity index (χ4n) is 0.588. The second-order valence-electron chi connectivity index (χ2n) is 1.80. The van der Waals surface area contributed by atoms with Gasteiger partial charge in [0.25, 0.3) is 0 Å². The SMILES string of the molecule is O=C([O-])Cc1cncnc1. The molecule has 0 amide bonds. The molecule has 10 heavy (non-hydrogen) atoms. The van der Waals surface area contributed by atoms with Crippen LogP contribution in [-0.4, -0.2) is 15.9 Å². The predicted molar refractivity (Wildman–Crippen MR) is 30.7 cm³/mol. The van der Waals surface area contributed by atoms with Crippen molar-refractivity contribution in [1.82, 2.24) is 9.97 Å². The Morgan fingerprint density at radius 2 is 2.10 bits per heavy atom. The lowest BCUT2D eigenvalue weighted by Gasteiger charge is -1.98. The highest BCUT2D eigenvalue weighted by atomic mass is 16.4. The van der Waals surface area contributed by atoms with E-state index < -0.39 is 5.97 Å². The molecule has 0 spiro atoms. The summed E-state index contributed by atoms with van der Waals surface area (Å²) in [6, 6.07) is 0. The minimum Gasteiger partial charge on any atom is -0.550 e. The number of hydrogen-bond donors (Lipinski definition) is 0. The van der Waals surface area contributed by atoms with E-state index in [9.17, 15) is 9.90 Å². The standard InChI is InChI=1S/C6H6N2O2/c9-6(10)1-5-2-7-4-8-3-5/h2-4H,1H2,(H,9,10)/p-1. The smallest absolute Gasteiger partial charge is 0.115 e. The Kier molecular flexibility index (Phi) is 1.94. The van der Waals surface area contributed by atoms with E-state index in [1.54, 1.807) is 0 Å². The van der Waals surface area contributed by atoms with Crippen molar-refractivity contribution in [3.05, 3.63) is 24.3 Å². The van der Waals surface area contributed by atoms with Crippen molar-refractivity contribution in [1.29, 1.82) is 0 Å². The van der Waals surface area contributed by atoms with Crippen LogP contribution >= 0.6 is 0 Å². The average molecular weight is 137 g/mol. The number of nitrogens with zero attached hydrogens (tertiary/aromatic N) is 2. The molecule has 0 radical (unpaired) electrons. The van der Waals surface area contributed by atoms with Crippen LogP contribution in [0.1, 0.15) is 5.56 Å². The first-order chi connectivity index (χ1) is 4.79. The van der Waals surface area contributed by atoms with Gasteiger partial charge in [0.2, 0.25) is 0 Å². The van der Waals surface area contributed by atoms with E-state index in [4.69, 9.17) is 0 Å². The van der Waals surface area contributed by atoms with Crippen LogP contribution in [-0.2, 0) is 11.2 Å². The highest BCUT2D eigenvalue weighted by molar-refractivity contribution is 5.67. The third-order valence-corrected chi connectivity index (χ3v) is 0.963. The van der Waals surface area contributed by atoms with Crippen LogP contribution in [0.25, 0.3) is 0 Å². The van der Waals surface area contributed by atoms with Gasteiger partial charge in [-0.05, 0) is 5.56 Å². The summed E-state index contributed by atoms with van der Waals surface area (Å²) >= 11 is 0. The third-order valence-electron chi connectivity index (χ3n) is 0.963. The molecular weight excluding hydrogens is 132 g/mol. The summed E-state index contributed by atoms with van der Waals surface area (Å²) < 4.78 is 0. The zero-order valence-electron chi connectivity index (χ0n) is 5.15. The largest absolute Gasteiger partial charge is 0.550 e.